The molecule has 0 bridgehead atoms. The molecule has 0 aromatic heterocycles. The summed E-state index contributed by atoms with van der Waals surface area (Å²) in [6.07, 6.45) is 0.978. The van der Waals surface area contributed by atoms with Gasteiger partial charge in [-0.2, -0.15) is 0 Å². The molecule has 0 heterocycles. The molecular weight excluding hydrogens is 370 g/mol. The molecule has 2 aromatic carbocycles. The third-order valence-electron chi connectivity index (χ3n) is 3.69. The van der Waals surface area contributed by atoms with Crippen LogP contribution in [0.1, 0.15) is 41.4 Å². The van der Waals surface area contributed by atoms with E-state index < -0.39 is 5.97 Å². The molecule has 1 atom stereocenters. The highest BCUT2D eigenvalue weighted by Crippen LogP contribution is 2.17. The molecule has 2 rings (SSSR count). The molecule has 1 amide bonds. The second-order valence-electron chi connectivity index (χ2n) is 5.44. The Bertz CT molecular complexity index is 713. The van der Waals surface area contributed by atoms with E-state index in [-0.39, 0.29) is 18.6 Å². The summed E-state index contributed by atoms with van der Waals surface area (Å²) < 4.78 is 5.70. The number of halogens is 1. The lowest BCUT2D eigenvalue weighted by Crippen LogP contribution is -2.31. The minimum absolute atomic E-state index is 0.148. The molecule has 0 aliphatic heterocycles. The summed E-state index contributed by atoms with van der Waals surface area (Å²) in [5.74, 6) is -0.861. The summed E-state index contributed by atoms with van der Waals surface area (Å²) in [5.41, 5.74) is 2.66. The van der Waals surface area contributed by atoms with Gasteiger partial charge in [-0.1, -0.05) is 43.3 Å². The lowest BCUT2D eigenvalue weighted by Gasteiger charge is -2.15. The van der Waals surface area contributed by atoms with Crippen LogP contribution in [0.2, 0.25) is 0 Å². The van der Waals surface area contributed by atoms with Gasteiger partial charge < -0.3 is 10.1 Å². The summed E-state index contributed by atoms with van der Waals surface area (Å²) >= 11 is 3.29. The first-order valence-electron chi connectivity index (χ1n) is 7.81. The van der Waals surface area contributed by atoms with Gasteiger partial charge in [-0.15, -0.1) is 0 Å². The molecule has 2 aromatic rings. The first-order valence-corrected chi connectivity index (χ1v) is 8.60. The lowest BCUT2D eigenvalue weighted by atomic mass is 10.1. The van der Waals surface area contributed by atoms with E-state index in [2.05, 4.69) is 28.2 Å². The third kappa shape index (κ3) is 4.93. The molecule has 0 spiro atoms. The highest BCUT2D eigenvalue weighted by Gasteiger charge is 2.14. The molecular formula is C19H20BrNO3. The Balaban J connectivity index is 1.86. The summed E-state index contributed by atoms with van der Waals surface area (Å²) in [6.45, 7) is 3.69. The lowest BCUT2D eigenvalue weighted by molar-refractivity contribution is -0.124. The van der Waals surface area contributed by atoms with Crippen molar-refractivity contribution in [3.63, 3.8) is 0 Å². The third-order valence-corrected chi connectivity index (χ3v) is 4.39. The number of carbonyl (C=O) groups is 2. The van der Waals surface area contributed by atoms with Crippen molar-refractivity contribution in [1.82, 2.24) is 5.32 Å². The number of nitrogens with one attached hydrogen (secondary N) is 1. The maximum Gasteiger partial charge on any atom is 0.339 e. The number of aryl methyl sites for hydroxylation is 1. The van der Waals surface area contributed by atoms with E-state index in [0.29, 0.717) is 10.0 Å². The molecule has 126 valence electrons. The quantitative estimate of drug-likeness (QED) is 0.758. The largest absolute Gasteiger partial charge is 0.452 e. The van der Waals surface area contributed by atoms with Gasteiger partial charge in [0.25, 0.3) is 5.91 Å². The molecule has 0 aliphatic rings. The Morgan fingerprint density at radius 3 is 2.42 bits per heavy atom. The van der Waals surface area contributed by atoms with Gasteiger partial charge in [0.1, 0.15) is 0 Å². The molecule has 0 aliphatic carbocycles. The van der Waals surface area contributed by atoms with Crippen LogP contribution >= 0.6 is 15.9 Å². The Hall–Kier alpha value is -2.14. The van der Waals surface area contributed by atoms with Crippen molar-refractivity contribution in [2.24, 2.45) is 0 Å². The number of amides is 1. The highest BCUT2D eigenvalue weighted by molar-refractivity contribution is 9.10. The van der Waals surface area contributed by atoms with E-state index in [1.165, 1.54) is 5.56 Å². The monoisotopic (exact) mass is 389 g/mol. The standard InChI is InChI=1S/C19H20BrNO3/c1-3-14-8-10-15(11-9-14)13(2)21-18(22)12-24-19(23)16-6-4-5-7-17(16)20/h4-11,13H,3,12H2,1-2H3,(H,21,22)/t13-/m1/s1. The smallest absolute Gasteiger partial charge is 0.339 e. The minimum Gasteiger partial charge on any atom is -0.452 e. The van der Waals surface area contributed by atoms with Gasteiger partial charge in [-0.25, -0.2) is 4.79 Å². The number of rotatable bonds is 6. The second-order valence-corrected chi connectivity index (χ2v) is 6.29. The predicted molar refractivity (Wildman–Crippen MR) is 96.8 cm³/mol. The Kier molecular flexibility index (Phi) is 6.55. The number of esters is 1. The van der Waals surface area contributed by atoms with Crippen LogP contribution in [0.15, 0.2) is 53.0 Å². The van der Waals surface area contributed by atoms with Gasteiger partial charge in [0.2, 0.25) is 0 Å². The number of benzene rings is 2. The van der Waals surface area contributed by atoms with Crippen molar-refractivity contribution >= 4 is 27.8 Å². The predicted octanol–water partition coefficient (Wildman–Crippen LogP) is 4.05. The summed E-state index contributed by atoms with van der Waals surface area (Å²) in [4.78, 5) is 23.9. The number of hydrogen-bond acceptors (Lipinski definition) is 3. The van der Waals surface area contributed by atoms with Gasteiger partial charge in [0.05, 0.1) is 11.6 Å². The molecule has 0 fully saturated rings. The fourth-order valence-corrected chi connectivity index (χ4v) is 2.69. The van der Waals surface area contributed by atoms with E-state index >= 15 is 0 Å². The van der Waals surface area contributed by atoms with Crippen molar-refractivity contribution in [3.8, 4) is 0 Å². The molecule has 0 saturated carbocycles. The van der Waals surface area contributed by atoms with Crippen molar-refractivity contribution < 1.29 is 14.3 Å². The molecule has 0 radical (unpaired) electrons. The first kappa shape index (κ1) is 18.2. The van der Waals surface area contributed by atoms with E-state index in [1.54, 1.807) is 24.3 Å². The molecule has 5 heteroatoms. The topological polar surface area (TPSA) is 55.4 Å². The van der Waals surface area contributed by atoms with Crippen LogP contribution < -0.4 is 5.32 Å². The molecule has 0 saturated heterocycles. The zero-order valence-corrected chi connectivity index (χ0v) is 15.3. The van der Waals surface area contributed by atoms with Crippen LogP contribution in [-0.4, -0.2) is 18.5 Å². The Morgan fingerprint density at radius 1 is 1.12 bits per heavy atom. The van der Waals surface area contributed by atoms with E-state index in [4.69, 9.17) is 4.74 Å². The van der Waals surface area contributed by atoms with Gasteiger partial charge in [-0.3, -0.25) is 4.79 Å². The zero-order valence-electron chi connectivity index (χ0n) is 13.7. The fraction of sp³-hybridized carbons (Fsp3) is 0.263. The highest BCUT2D eigenvalue weighted by atomic mass is 79.9. The fourth-order valence-electron chi connectivity index (χ4n) is 2.24. The normalized spacial score (nSPS) is 11.6. The number of carbonyl (C=O) groups excluding carboxylic acids is 2. The van der Waals surface area contributed by atoms with E-state index in [0.717, 1.165) is 12.0 Å². The van der Waals surface area contributed by atoms with Crippen molar-refractivity contribution in [3.05, 3.63) is 69.7 Å². The Morgan fingerprint density at radius 2 is 1.79 bits per heavy atom. The molecule has 24 heavy (non-hydrogen) atoms. The maximum absolute atomic E-state index is 12.0. The van der Waals surface area contributed by atoms with Gasteiger partial charge in [0.15, 0.2) is 6.61 Å². The SMILES string of the molecule is CCc1ccc([C@@H](C)NC(=O)COC(=O)c2ccccc2Br)cc1. The van der Waals surface area contributed by atoms with Crippen LogP contribution in [0.25, 0.3) is 0 Å². The average molecular weight is 390 g/mol. The van der Waals surface area contributed by atoms with Crippen molar-refractivity contribution in [1.29, 1.82) is 0 Å². The van der Waals surface area contributed by atoms with Crippen LogP contribution in [0.4, 0.5) is 0 Å². The van der Waals surface area contributed by atoms with E-state index in [9.17, 15) is 9.59 Å². The van der Waals surface area contributed by atoms with Crippen LogP contribution in [0, 0.1) is 0 Å². The van der Waals surface area contributed by atoms with E-state index in [1.807, 2.05) is 31.2 Å². The number of hydrogen-bond donors (Lipinski definition) is 1. The van der Waals surface area contributed by atoms with Gasteiger partial charge >= 0.3 is 5.97 Å². The summed E-state index contributed by atoms with van der Waals surface area (Å²) in [7, 11) is 0. The van der Waals surface area contributed by atoms with Crippen LogP contribution in [0.3, 0.4) is 0 Å². The van der Waals surface area contributed by atoms with Gasteiger partial charge in [0, 0.05) is 4.47 Å². The zero-order chi connectivity index (χ0) is 17.5. The average Bonchev–Trinajstić information content (AvgIpc) is 2.60. The van der Waals surface area contributed by atoms with Gasteiger partial charge in [-0.05, 0) is 52.5 Å². The second kappa shape index (κ2) is 8.64. The van der Waals surface area contributed by atoms with Crippen molar-refractivity contribution in [2.75, 3.05) is 6.61 Å². The summed E-state index contributed by atoms with van der Waals surface area (Å²) in [5, 5.41) is 2.83. The molecule has 4 nitrogen and oxygen atoms in total. The first-order chi connectivity index (χ1) is 11.5. The van der Waals surface area contributed by atoms with Crippen LogP contribution in [-0.2, 0) is 16.0 Å². The summed E-state index contributed by atoms with van der Waals surface area (Å²) in [6, 6.07) is 14.9. The minimum atomic E-state index is -0.530. The molecule has 1 N–H and O–H groups in total. The van der Waals surface area contributed by atoms with Crippen LogP contribution in [0.5, 0.6) is 0 Å². The van der Waals surface area contributed by atoms with Crippen molar-refractivity contribution in [2.45, 2.75) is 26.3 Å². The Labute approximate surface area is 150 Å². The maximum atomic E-state index is 12.0. The molecule has 0 unspecified atom stereocenters. The number of ether oxygens (including phenoxy) is 1.